The first-order chi connectivity index (χ1) is 10.9. The summed E-state index contributed by atoms with van der Waals surface area (Å²) in [7, 11) is 0. The third-order valence-corrected chi connectivity index (χ3v) is 3.82. The smallest absolute Gasteiger partial charge is 0.416 e. The van der Waals surface area contributed by atoms with Crippen molar-refractivity contribution in [1.82, 2.24) is 0 Å². The lowest BCUT2D eigenvalue weighted by molar-refractivity contribution is -0.137. The van der Waals surface area contributed by atoms with Crippen LogP contribution in [-0.4, -0.2) is 24.8 Å². The van der Waals surface area contributed by atoms with E-state index >= 15 is 0 Å². The quantitative estimate of drug-likeness (QED) is 0.936. The normalized spacial score (nSPS) is 15.7. The van der Waals surface area contributed by atoms with Gasteiger partial charge in [0, 0.05) is 6.54 Å². The number of ether oxygens (including phenoxy) is 1. The number of hydrogen-bond acceptors (Lipinski definition) is 3. The molecule has 1 heterocycles. The molecule has 1 unspecified atom stereocenters. The molecule has 0 fully saturated rings. The van der Waals surface area contributed by atoms with E-state index in [2.05, 4.69) is 0 Å². The van der Waals surface area contributed by atoms with Crippen molar-refractivity contribution in [2.45, 2.75) is 12.3 Å². The van der Waals surface area contributed by atoms with Gasteiger partial charge in [-0.05, 0) is 29.8 Å². The summed E-state index contributed by atoms with van der Waals surface area (Å²) in [5, 5.41) is 10.3. The number of aliphatic hydroxyl groups excluding tert-OH is 1. The molecule has 1 aliphatic heterocycles. The fraction of sp³-hybridized carbons (Fsp3) is 0.294. The largest absolute Gasteiger partial charge is 0.490 e. The van der Waals surface area contributed by atoms with Crippen molar-refractivity contribution in [1.29, 1.82) is 0 Å². The van der Waals surface area contributed by atoms with Gasteiger partial charge in [0.15, 0.2) is 0 Å². The van der Waals surface area contributed by atoms with Crippen molar-refractivity contribution < 1.29 is 23.0 Å². The van der Waals surface area contributed by atoms with Crippen LogP contribution in [-0.2, 0) is 6.18 Å². The van der Waals surface area contributed by atoms with Crippen LogP contribution >= 0.6 is 0 Å². The molecule has 6 heteroatoms. The Kier molecular flexibility index (Phi) is 4.17. The van der Waals surface area contributed by atoms with Crippen molar-refractivity contribution in [3.05, 3.63) is 59.7 Å². The number of β-amino-alcohol motifs (C(OH)–C–C–N with tert-alkyl or cyclic N) is 1. The van der Waals surface area contributed by atoms with Crippen molar-refractivity contribution in [2.75, 3.05) is 24.6 Å². The summed E-state index contributed by atoms with van der Waals surface area (Å²) >= 11 is 0. The molecule has 1 N–H and O–H groups in total. The molecule has 3 nitrogen and oxygen atoms in total. The van der Waals surface area contributed by atoms with Crippen LogP contribution in [0, 0.1) is 0 Å². The molecule has 122 valence electrons. The molecule has 0 aromatic heterocycles. The Morgan fingerprint density at radius 3 is 2.70 bits per heavy atom. The Balaban J connectivity index is 1.79. The molecule has 0 spiro atoms. The maximum Gasteiger partial charge on any atom is 0.416 e. The lowest BCUT2D eigenvalue weighted by Gasteiger charge is -2.32. The number of aliphatic hydroxyl groups is 1. The molecule has 2 aromatic carbocycles. The maximum absolute atomic E-state index is 12.8. The molecule has 0 saturated heterocycles. The third-order valence-electron chi connectivity index (χ3n) is 3.82. The second kappa shape index (κ2) is 6.12. The van der Waals surface area contributed by atoms with E-state index in [-0.39, 0.29) is 12.1 Å². The Morgan fingerprint density at radius 1 is 1.13 bits per heavy atom. The topological polar surface area (TPSA) is 32.7 Å². The number of anilines is 1. The highest BCUT2D eigenvalue weighted by Crippen LogP contribution is 2.34. The van der Waals surface area contributed by atoms with Gasteiger partial charge in [0.1, 0.15) is 12.4 Å². The maximum atomic E-state index is 12.8. The van der Waals surface area contributed by atoms with Crippen LogP contribution in [0.5, 0.6) is 5.75 Å². The van der Waals surface area contributed by atoms with Crippen LogP contribution in [0.3, 0.4) is 0 Å². The number of benzene rings is 2. The van der Waals surface area contributed by atoms with Gasteiger partial charge in [-0.15, -0.1) is 0 Å². The van der Waals surface area contributed by atoms with Gasteiger partial charge in [-0.3, -0.25) is 0 Å². The van der Waals surface area contributed by atoms with Gasteiger partial charge in [-0.25, -0.2) is 0 Å². The first-order valence-corrected chi connectivity index (χ1v) is 7.27. The van der Waals surface area contributed by atoms with Gasteiger partial charge in [0.2, 0.25) is 0 Å². The van der Waals surface area contributed by atoms with E-state index in [0.717, 1.165) is 23.6 Å². The lowest BCUT2D eigenvalue weighted by Crippen LogP contribution is -2.35. The molecular formula is C17H16F3NO2. The highest BCUT2D eigenvalue weighted by Gasteiger charge is 2.31. The first kappa shape index (κ1) is 15.7. The summed E-state index contributed by atoms with van der Waals surface area (Å²) in [5.41, 5.74) is 0.338. The fourth-order valence-electron chi connectivity index (χ4n) is 2.65. The van der Waals surface area contributed by atoms with E-state index in [1.165, 1.54) is 12.1 Å². The highest BCUT2D eigenvalue weighted by atomic mass is 19.4. The molecule has 23 heavy (non-hydrogen) atoms. The Bertz CT molecular complexity index is 688. The van der Waals surface area contributed by atoms with E-state index in [4.69, 9.17) is 4.74 Å². The van der Waals surface area contributed by atoms with E-state index in [1.807, 2.05) is 29.2 Å². The number of nitrogens with zero attached hydrogens (tertiary/aromatic N) is 1. The van der Waals surface area contributed by atoms with Gasteiger partial charge >= 0.3 is 6.18 Å². The average molecular weight is 323 g/mol. The minimum absolute atomic E-state index is 0.210. The fourth-order valence-corrected chi connectivity index (χ4v) is 2.65. The lowest BCUT2D eigenvalue weighted by atomic mass is 10.0. The molecule has 0 aliphatic carbocycles. The highest BCUT2D eigenvalue weighted by molar-refractivity contribution is 5.59. The van der Waals surface area contributed by atoms with Gasteiger partial charge in [-0.2, -0.15) is 13.2 Å². The monoisotopic (exact) mass is 323 g/mol. The standard InChI is InChI=1S/C17H16F3NO2/c18-17(19,20)13-5-3-4-12(10-13)15(22)11-21-8-9-23-16-7-2-1-6-14(16)21/h1-7,10,15,22H,8-9,11H2. The Hall–Kier alpha value is -2.21. The number of para-hydroxylation sites is 2. The molecule has 1 aliphatic rings. The zero-order valence-corrected chi connectivity index (χ0v) is 12.3. The number of rotatable bonds is 3. The molecule has 2 aromatic rings. The van der Waals surface area contributed by atoms with E-state index in [9.17, 15) is 18.3 Å². The van der Waals surface area contributed by atoms with Crippen LogP contribution in [0.15, 0.2) is 48.5 Å². The average Bonchev–Trinajstić information content (AvgIpc) is 2.54. The van der Waals surface area contributed by atoms with Crippen LogP contribution < -0.4 is 9.64 Å². The summed E-state index contributed by atoms with van der Waals surface area (Å²) < 4.78 is 43.9. The van der Waals surface area contributed by atoms with Gasteiger partial charge in [0.25, 0.3) is 0 Å². The van der Waals surface area contributed by atoms with E-state index < -0.39 is 17.8 Å². The van der Waals surface area contributed by atoms with Gasteiger partial charge in [0.05, 0.1) is 23.9 Å². The zero-order valence-electron chi connectivity index (χ0n) is 12.3. The SMILES string of the molecule is OC(CN1CCOc2ccccc21)c1cccc(C(F)(F)F)c1. The van der Waals surface area contributed by atoms with Crippen molar-refractivity contribution >= 4 is 5.69 Å². The predicted molar refractivity (Wildman–Crippen MR) is 80.6 cm³/mol. The van der Waals surface area contributed by atoms with Crippen molar-refractivity contribution in [3.63, 3.8) is 0 Å². The number of fused-ring (bicyclic) bond motifs is 1. The molecule has 0 saturated carbocycles. The molecule has 0 amide bonds. The minimum Gasteiger partial charge on any atom is -0.490 e. The zero-order chi connectivity index (χ0) is 16.4. The summed E-state index contributed by atoms with van der Waals surface area (Å²) in [4.78, 5) is 1.92. The van der Waals surface area contributed by atoms with Crippen molar-refractivity contribution in [2.24, 2.45) is 0 Å². The number of alkyl halides is 3. The summed E-state index contributed by atoms with van der Waals surface area (Å²) in [6.07, 6.45) is -5.43. The third kappa shape index (κ3) is 3.42. The van der Waals surface area contributed by atoms with E-state index in [0.29, 0.717) is 13.2 Å². The molecule has 3 rings (SSSR count). The summed E-state index contributed by atoms with van der Waals surface area (Å²) in [6, 6.07) is 12.2. The molecule has 0 radical (unpaired) electrons. The number of hydrogen-bond donors (Lipinski definition) is 1. The number of halogens is 3. The summed E-state index contributed by atoms with van der Waals surface area (Å²) in [6.45, 7) is 1.26. The Labute approximate surface area is 131 Å². The predicted octanol–water partition coefficient (Wildman–Crippen LogP) is 3.64. The van der Waals surface area contributed by atoms with Crippen molar-refractivity contribution in [3.8, 4) is 5.75 Å². The second-order valence-electron chi connectivity index (χ2n) is 5.40. The summed E-state index contributed by atoms with van der Waals surface area (Å²) in [5.74, 6) is 0.718. The minimum atomic E-state index is -4.42. The van der Waals surface area contributed by atoms with Crippen LogP contribution in [0.2, 0.25) is 0 Å². The second-order valence-corrected chi connectivity index (χ2v) is 5.40. The molecule has 0 bridgehead atoms. The molecule has 1 atom stereocenters. The van der Waals surface area contributed by atoms with Crippen LogP contribution in [0.4, 0.5) is 18.9 Å². The molecular weight excluding hydrogens is 307 g/mol. The van der Waals surface area contributed by atoms with Gasteiger partial charge in [-0.1, -0.05) is 24.3 Å². The van der Waals surface area contributed by atoms with Crippen LogP contribution in [0.25, 0.3) is 0 Å². The first-order valence-electron chi connectivity index (χ1n) is 7.27. The Morgan fingerprint density at radius 2 is 1.91 bits per heavy atom. The van der Waals surface area contributed by atoms with E-state index in [1.54, 1.807) is 0 Å². The van der Waals surface area contributed by atoms with Crippen LogP contribution in [0.1, 0.15) is 17.2 Å². The van der Waals surface area contributed by atoms with Gasteiger partial charge < -0.3 is 14.7 Å².